The highest BCUT2D eigenvalue weighted by molar-refractivity contribution is 14.0. The smallest absolute Gasteiger partial charge is 0.243 e. The van der Waals surface area contributed by atoms with Gasteiger partial charge in [-0.3, -0.25) is 4.79 Å². The van der Waals surface area contributed by atoms with E-state index in [1.807, 2.05) is 25.6 Å². The fourth-order valence-corrected chi connectivity index (χ4v) is 2.80. The van der Waals surface area contributed by atoms with Gasteiger partial charge in [0, 0.05) is 46.1 Å². The van der Waals surface area contributed by atoms with Gasteiger partial charge in [-0.1, -0.05) is 6.92 Å². The van der Waals surface area contributed by atoms with E-state index < -0.39 is 0 Å². The fourth-order valence-electron chi connectivity index (χ4n) is 2.80. The van der Waals surface area contributed by atoms with E-state index in [1.165, 1.54) is 0 Å². The summed E-state index contributed by atoms with van der Waals surface area (Å²) in [7, 11) is 3.50. The standard InChI is InChI=1S/C16H28N6O.HI/c1-5-18-16(19-10-15(23)20(3)4)21-8-6-13(2)14(11-21)22-9-7-17-12-22;/h7,9,12-14H,5-6,8,10-11H2,1-4H3,(H,18,19);1H. The molecule has 1 aliphatic rings. The summed E-state index contributed by atoms with van der Waals surface area (Å²) in [6, 6.07) is 0.375. The highest BCUT2D eigenvalue weighted by atomic mass is 127. The summed E-state index contributed by atoms with van der Waals surface area (Å²) in [5.41, 5.74) is 0. The molecule has 0 aliphatic carbocycles. The first-order valence-corrected chi connectivity index (χ1v) is 8.23. The number of likely N-dealkylation sites (N-methyl/N-ethyl adjacent to an activating group) is 1. The van der Waals surface area contributed by atoms with Crippen molar-refractivity contribution in [2.75, 3.05) is 40.3 Å². The number of imidazole rings is 1. The SMILES string of the molecule is CCNC(=NCC(=O)N(C)C)N1CCC(C)C(n2ccnc2)C1.I. The Kier molecular flexibility index (Phi) is 8.51. The fraction of sp³-hybridized carbons (Fsp3) is 0.688. The van der Waals surface area contributed by atoms with Crippen LogP contribution in [-0.4, -0.2) is 71.5 Å². The molecule has 0 radical (unpaired) electrons. The number of likely N-dealkylation sites (tertiary alicyclic amines) is 1. The maximum atomic E-state index is 11.8. The molecule has 24 heavy (non-hydrogen) atoms. The Balaban J connectivity index is 0.00000288. The number of piperidine rings is 1. The molecule has 1 saturated heterocycles. The molecule has 7 nitrogen and oxygen atoms in total. The van der Waals surface area contributed by atoms with Crippen LogP contribution >= 0.6 is 24.0 Å². The molecular formula is C16H29IN6O. The number of amides is 1. The van der Waals surface area contributed by atoms with Gasteiger partial charge in [-0.25, -0.2) is 9.98 Å². The third-order valence-corrected chi connectivity index (χ3v) is 4.32. The van der Waals surface area contributed by atoms with Crippen LogP contribution in [0.4, 0.5) is 0 Å². The second kappa shape index (κ2) is 9.85. The molecule has 0 saturated carbocycles. The predicted molar refractivity (Wildman–Crippen MR) is 107 cm³/mol. The lowest BCUT2D eigenvalue weighted by molar-refractivity contribution is -0.127. The highest BCUT2D eigenvalue weighted by Gasteiger charge is 2.28. The van der Waals surface area contributed by atoms with Crippen LogP contribution in [0.25, 0.3) is 0 Å². The molecule has 0 spiro atoms. The Morgan fingerprint density at radius 2 is 2.21 bits per heavy atom. The molecule has 1 fully saturated rings. The number of nitrogens with one attached hydrogen (secondary N) is 1. The number of guanidine groups is 1. The summed E-state index contributed by atoms with van der Waals surface area (Å²) in [6.45, 7) is 7.12. The van der Waals surface area contributed by atoms with Crippen molar-refractivity contribution in [1.82, 2.24) is 24.7 Å². The lowest BCUT2D eigenvalue weighted by Crippen LogP contribution is -2.49. The van der Waals surface area contributed by atoms with Crippen LogP contribution in [-0.2, 0) is 4.79 Å². The highest BCUT2D eigenvalue weighted by Crippen LogP contribution is 2.27. The van der Waals surface area contributed by atoms with Crippen molar-refractivity contribution in [3.63, 3.8) is 0 Å². The summed E-state index contributed by atoms with van der Waals surface area (Å²) in [5, 5.41) is 3.31. The van der Waals surface area contributed by atoms with Gasteiger partial charge in [0.15, 0.2) is 5.96 Å². The molecule has 2 rings (SSSR count). The van der Waals surface area contributed by atoms with E-state index in [0.717, 1.165) is 32.0 Å². The van der Waals surface area contributed by atoms with Crippen molar-refractivity contribution in [2.24, 2.45) is 10.9 Å². The number of carbonyl (C=O) groups is 1. The van der Waals surface area contributed by atoms with E-state index in [2.05, 4.69) is 31.7 Å². The number of carbonyl (C=O) groups excluding carboxylic acids is 1. The van der Waals surface area contributed by atoms with Gasteiger partial charge in [-0.15, -0.1) is 24.0 Å². The number of rotatable bonds is 4. The maximum absolute atomic E-state index is 11.8. The summed E-state index contributed by atoms with van der Waals surface area (Å²) >= 11 is 0. The van der Waals surface area contributed by atoms with E-state index >= 15 is 0 Å². The number of hydrogen-bond acceptors (Lipinski definition) is 3. The third kappa shape index (κ3) is 5.35. The normalized spacial score (nSPS) is 21.2. The zero-order chi connectivity index (χ0) is 16.8. The molecule has 2 atom stereocenters. The molecule has 1 aromatic rings. The Morgan fingerprint density at radius 1 is 1.46 bits per heavy atom. The number of halogens is 1. The van der Waals surface area contributed by atoms with Crippen molar-refractivity contribution in [2.45, 2.75) is 26.3 Å². The Labute approximate surface area is 161 Å². The lowest BCUT2D eigenvalue weighted by Gasteiger charge is -2.39. The molecule has 1 aliphatic heterocycles. The van der Waals surface area contributed by atoms with E-state index in [1.54, 1.807) is 19.0 Å². The van der Waals surface area contributed by atoms with Crippen molar-refractivity contribution in [1.29, 1.82) is 0 Å². The van der Waals surface area contributed by atoms with Crippen LogP contribution in [0.1, 0.15) is 26.3 Å². The van der Waals surface area contributed by atoms with Gasteiger partial charge in [-0.2, -0.15) is 0 Å². The average Bonchev–Trinajstić information content (AvgIpc) is 3.05. The zero-order valence-electron chi connectivity index (χ0n) is 15.0. The first-order valence-electron chi connectivity index (χ1n) is 8.23. The molecule has 8 heteroatoms. The van der Waals surface area contributed by atoms with Gasteiger partial charge in [0.05, 0.1) is 12.4 Å². The minimum atomic E-state index is 0. The van der Waals surface area contributed by atoms with Crippen molar-refractivity contribution >= 4 is 35.8 Å². The van der Waals surface area contributed by atoms with Crippen LogP contribution in [0.3, 0.4) is 0 Å². The Morgan fingerprint density at radius 3 is 2.79 bits per heavy atom. The van der Waals surface area contributed by atoms with Gasteiger partial charge < -0.3 is 19.7 Å². The van der Waals surface area contributed by atoms with Crippen molar-refractivity contribution in [3.8, 4) is 0 Å². The summed E-state index contributed by atoms with van der Waals surface area (Å²) in [5.74, 6) is 1.42. The molecule has 1 aromatic heterocycles. The largest absolute Gasteiger partial charge is 0.357 e. The van der Waals surface area contributed by atoms with Gasteiger partial charge >= 0.3 is 0 Å². The third-order valence-electron chi connectivity index (χ3n) is 4.32. The number of hydrogen-bond donors (Lipinski definition) is 1. The van der Waals surface area contributed by atoms with Crippen molar-refractivity contribution < 1.29 is 4.79 Å². The number of nitrogens with zero attached hydrogens (tertiary/aromatic N) is 5. The Hall–Kier alpha value is -1.32. The van der Waals surface area contributed by atoms with Crippen molar-refractivity contribution in [3.05, 3.63) is 18.7 Å². The summed E-state index contributed by atoms with van der Waals surface area (Å²) in [6.07, 6.45) is 6.81. The van der Waals surface area contributed by atoms with E-state index in [-0.39, 0.29) is 36.4 Å². The van der Waals surface area contributed by atoms with Gasteiger partial charge in [0.1, 0.15) is 6.54 Å². The van der Waals surface area contributed by atoms with Crippen LogP contribution in [0.15, 0.2) is 23.7 Å². The van der Waals surface area contributed by atoms with Crippen LogP contribution < -0.4 is 5.32 Å². The lowest BCUT2D eigenvalue weighted by atomic mass is 9.93. The molecule has 136 valence electrons. The van der Waals surface area contributed by atoms with E-state index in [9.17, 15) is 4.79 Å². The molecular weight excluding hydrogens is 419 g/mol. The second-order valence-electron chi connectivity index (χ2n) is 6.25. The minimum absolute atomic E-state index is 0. The predicted octanol–water partition coefficient (Wildman–Crippen LogP) is 1.44. The maximum Gasteiger partial charge on any atom is 0.243 e. The molecule has 1 amide bonds. The average molecular weight is 448 g/mol. The first kappa shape index (κ1) is 20.7. The Bertz CT molecular complexity index is 531. The van der Waals surface area contributed by atoms with Crippen LogP contribution in [0.5, 0.6) is 0 Å². The van der Waals surface area contributed by atoms with Gasteiger partial charge in [0.2, 0.25) is 5.91 Å². The second-order valence-corrected chi connectivity index (χ2v) is 6.25. The topological polar surface area (TPSA) is 65.8 Å². The quantitative estimate of drug-likeness (QED) is 0.430. The molecule has 2 heterocycles. The first-order chi connectivity index (χ1) is 11.0. The minimum Gasteiger partial charge on any atom is -0.357 e. The van der Waals surface area contributed by atoms with E-state index in [4.69, 9.17) is 0 Å². The van der Waals surface area contributed by atoms with Gasteiger partial charge in [0.25, 0.3) is 0 Å². The van der Waals surface area contributed by atoms with Gasteiger partial charge in [-0.05, 0) is 19.3 Å². The summed E-state index contributed by atoms with van der Waals surface area (Å²) < 4.78 is 2.17. The summed E-state index contributed by atoms with van der Waals surface area (Å²) in [4.78, 5) is 24.3. The van der Waals surface area contributed by atoms with Crippen LogP contribution in [0.2, 0.25) is 0 Å². The molecule has 0 bridgehead atoms. The van der Waals surface area contributed by atoms with Crippen LogP contribution in [0, 0.1) is 5.92 Å². The molecule has 2 unspecified atom stereocenters. The zero-order valence-corrected chi connectivity index (χ0v) is 17.3. The monoisotopic (exact) mass is 448 g/mol. The molecule has 0 aromatic carbocycles. The van der Waals surface area contributed by atoms with E-state index in [0.29, 0.717) is 12.0 Å². The number of aromatic nitrogens is 2. The molecule has 1 N–H and O–H groups in total. The number of aliphatic imine (C=N–C) groups is 1.